The monoisotopic (exact) mass is 291 g/mol. The van der Waals surface area contributed by atoms with Gasteiger partial charge in [-0.15, -0.1) is 11.3 Å². The molecule has 106 valence electrons. The highest BCUT2D eigenvalue weighted by molar-refractivity contribution is 7.09. The zero-order chi connectivity index (χ0) is 13.9. The van der Waals surface area contributed by atoms with Crippen molar-refractivity contribution in [1.82, 2.24) is 14.5 Å². The summed E-state index contributed by atoms with van der Waals surface area (Å²) in [4.78, 5) is 17.9. The summed E-state index contributed by atoms with van der Waals surface area (Å²) in [7, 11) is 0. The van der Waals surface area contributed by atoms with E-state index in [2.05, 4.69) is 9.88 Å². The summed E-state index contributed by atoms with van der Waals surface area (Å²) in [6.07, 6.45) is 5.69. The van der Waals surface area contributed by atoms with Gasteiger partial charge in [0.1, 0.15) is 10.7 Å². The summed E-state index contributed by atoms with van der Waals surface area (Å²) in [5, 5.41) is 12.3. The number of carbonyl (C=O) groups is 1. The Balaban J connectivity index is 1.61. The fraction of sp³-hybridized carbons (Fsp3) is 0.429. The van der Waals surface area contributed by atoms with Crippen molar-refractivity contribution in [3.05, 3.63) is 40.6 Å². The van der Waals surface area contributed by atoms with Gasteiger partial charge < -0.3 is 9.67 Å². The molecule has 0 aliphatic carbocycles. The van der Waals surface area contributed by atoms with Crippen molar-refractivity contribution >= 4 is 17.3 Å². The topological polar surface area (TPSA) is 58.4 Å². The van der Waals surface area contributed by atoms with Gasteiger partial charge in [0.05, 0.1) is 6.54 Å². The van der Waals surface area contributed by atoms with E-state index in [-0.39, 0.29) is 0 Å². The summed E-state index contributed by atoms with van der Waals surface area (Å²) >= 11 is 1.69. The molecule has 5 nitrogen and oxygen atoms in total. The molecule has 0 bridgehead atoms. The number of likely N-dealkylation sites (tertiary alicyclic amines) is 1. The zero-order valence-electron chi connectivity index (χ0n) is 11.1. The lowest BCUT2D eigenvalue weighted by atomic mass is 10.0. The number of carboxylic acid groups (broad SMARTS) is 1. The molecule has 0 atom stereocenters. The average Bonchev–Trinajstić information content (AvgIpc) is 3.10. The number of aromatic carboxylic acids is 1. The van der Waals surface area contributed by atoms with Gasteiger partial charge in [-0.25, -0.2) is 9.78 Å². The number of hydrogen-bond donors (Lipinski definition) is 1. The largest absolute Gasteiger partial charge is 0.477 e. The summed E-state index contributed by atoms with van der Waals surface area (Å²) in [6.45, 7) is 2.88. The lowest BCUT2D eigenvalue weighted by Gasteiger charge is -2.32. The summed E-state index contributed by atoms with van der Waals surface area (Å²) < 4.78 is 1.91. The number of nitrogens with zero attached hydrogens (tertiary/aromatic N) is 3. The molecule has 1 aliphatic rings. The summed E-state index contributed by atoms with van der Waals surface area (Å²) in [5.41, 5.74) is 0.392. The minimum atomic E-state index is -0.847. The first-order chi connectivity index (χ1) is 9.74. The average molecular weight is 291 g/mol. The number of rotatable bonds is 4. The Kier molecular flexibility index (Phi) is 3.84. The van der Waals surface area contributed by atoms with Gasteiger partial charge in [0.25, 0.3) is 0 Å². The second kappa shape index (κ2) is 5.76. The number of hydrogen-bond acceptors (Lipinski definition) is 4. The van der Waals surface area contributed by atoms with Gasteiger partial charge in [-0.1, -0.05) is 0 Å². The molecule has 1 aliphatic heterocycles. The van der Waals surface area contributed by atoms with Crippen molar-refractivity contribution in [2.45, 2.75) is 25.4 Å². The van der Waals surface area contributed by atoms with Gasteiger partial charge in [-0.3, -0.25) is 4.90 Å². The van der Waals surface area contributed by atoms with Crippen LogP contribution >= 0.6 is 11.3 Å². The zero-order valence-corrected chi connectivity index (χ0v) is 11.9. The molecule has 3 heterocycles. The first-order valence-electron chi connectivity index (χ1n) is 6.75. The smallest absolute Gasteiger partial charge is 0.352 e. The number of carboxylic acids is 1. The highest BCUT2D eigenvalue weighted by atomic mass is 32.1. The van der Waals surface area contributed by atoms with E-state index in [9.17, 15) is 9.90 Å². The third-order valence-electron chi connectivity index (χ3n) is 3.79. The molecule has 0 amide bonds. The Morgan fingerprint density at radius 2 is 2.25 bits per heavy atom. The Bertz CT molecular complexity index is 571. The number of aromatic nitrogens is 2. The quantitative estimate of drug-likeness (QED) is 0.940. The van der Waals surface area contributed by atoms with Crippen LogP contribution in [0, 0.1) is 0 Å². The third kappa shape index (κ3) is 2.76. The molecule has 2 aromatic heterocycles. The molecule has 0 unspecified atom stereocenters. The van der Waals surface area contributed by atoms with Gasteiger partial charge >= 0.3 is 5.97 Å². The van der Waals surface area contributed by atoms with Gasteiger partial charge in [-0.05, 0) is 25.0 Å². The molecular weight excluding hydrogens is 274 g/mol. The standard InChI is InChI=1S/C14H17N3O2S/c18-14(19)12-2-1-6-17(12)11-3-7-16(8-4-11)10-13-15-5-9-20-13/h1-2,5-6,9,11H,3-4,7-8,10H2,(H,18,19). The van der Waals surface area contributed by atoms with E-state index >= 15 is 0 Å². The summed E-state index contributed by atoms with van der Waals surface area (Å²) in [5.74, 6) is -0.847. The Labute approximate surface area is 121 Å². The molecule has 2 aromatic rings. The lowest BCUT2D eigenvalue weighted by Crippen LogP contribution is -2.34. The molecule has 20 heavy (non-hydrogen) atoms. The van der Waals surface area contributed by atoms with E-state index < -0.39 is 5.97 Å². The molecule has 1 fully saturated rings. The molecule has 1 saturated heterocycles. The molecule has 0 radical (unpaired) electrons. The second-order valence-corrected chi connectivity index (χ2v) is 6.02. The van der Waals surface area contributed by atoms with Gasteiger partial charge in [0, 0.05) is 36.9 Å². The van der Waals surface area contributed by atoms with Crippen molar-refractivity contribution in [2.24, 2.45) is 0 Å². The predicted molar refractivity (Wildman–Crippen MR) is 77.1 cm³/mol. The van der Waals surface area contributed by atoms with E-state index in [1.165, 1.54) is 0 Å². The van der Waals surface area contributed by atoms with Gasteiger partial charge in [-0.2, -0.15) is 0 Å². The van der Waals surface area contributed by atoms with Gasteiger partial charge in [0.15, 0.2) is 0 Å². The van der Waals surface area contributed by atoms with Crippen LogP contribution in [0.25, 0.3) is 0 Å². The second-order valence-electron chi connectivity index (χ2n) is 5.04. The minimum absolute atomic E-state index is 0.295. The molecule has 6 heteroatoms. The van der Waals surface area contributed by atoms with Crippen LogP contribution in [-0.4, -0.2) is 38.6 Å². The first-order valence-corrected chi connectivity index (χ1v) is 7.63. The van der Waals surface area contributed by atoms with Crippen LogP contribution in [0.2, 0.25) is 0 Å². The van der Waals surface area contributed by atoms with E-state index in [0.29, 0.717) is 11.7 Å². The highest BCUT2D eigenvalue weighted by Gasteiger charge is 2.23. The van der Waals surface area contributed by atoms with E-state index in [0.717, 1.165) is 37.5 Å². The maximum atomic E-state index is 11.2. The maximum absolute atomic E-state index is 11.2. The van der Waals surface area contributed by atoms with Crippen molar-refractivity contribution in [3.63, 3.8) is 0 Å². The first kappa shape index (κ1) is 13.3. The Morgan fingerprint density at radius 3 is 2.90 bits per heavy atom. The maximum Gasteiger partial charge on any atom is 0.352 e. The fourth-order valence-corrected chi connectivity index (χ4v) is 3.43. The van der Waals surface area contributed by atoms with Crippen molar-refractivity contribution in [2.75, 3.05) is 13.1 Å². The normalized spacial score (nSPS) is 17.4. The predicted octanol–water partition coefficient (Wildman–Crippen LogP) is 2.48. The van der Waals surface area contributed by atoms with Crippen LogP contribution in [-0.2, 0) is 6.54 Å². The van der Waals surface area contributed by atoms with Crippen LogP contribution in [0.15, 0.2) is 29.9 Å². The van der Waals surface area contributed by atoms with Crippen LogP contribution < -0.4 is 0 Å². The van der Waals surface area contributed by atoms with E-state index in [1.807, 2.05) is 28.4 Å². The van der Waals surface area contributed by atoms with Gasteiger partial charge in [0.2, 0.25) is 0 Å². The number of piperidine rings is 1. The molecule has 3 rings (SSSR count). The van der Waals surface area contributed by atoms with Crippen molar-refractivity contribution in [1.29, 1.82) is 0 Å². The lowest BCUT2D eigenvalue weighted by molar-refractivity contribution is 0.0678. The van der Waals surface area contributed by atoms with Crippen molar-refractivity contribution in [3.8, 4) is 0 Å². The molecule has 0 spiro atoms. The van der Waals surface area contributed by atoms with Crippen molar-refractivity contribution < 1.29 is 9.90 Å². The van der Waals surface area contributed by atoms with Crippen LogP contribution in [0.5, 0.6) is 0 Å². The number of thiazole rings is 1. The molecule has 1 N–H and O–H groups in total. The Hall–Kier alpha value is -1.66. The molecule has 0 aromatic carbocycles. The Morgan fingerprint density at radius 1 is 1.45 bits per heavy atom. The van der Waals surface area contributed by atoms with Crippen LogP contribution in [0.3, 0.4) is 0 Å². The summed E-state index contributed by atoms with van der Waals surface area (Å²) in [6, 6.07) is 3.78. The van der Waals surface area contributed by atoms with Crippen LogP contribution in [0.1, 0.15) is 34.4 Å². The van der Waals surface area contributed by atoms with E-state index in [1.54, 1.807) is 17.4 Å². The molecular formula is C14H17N3O2S. The fourth-order valence-electron chi connectivity index (χ4n) is 2.77. The minimum Gasteiger partial charge on any atom is -0.477 e. The highest BCUT2D eigenvalue weighted by Crippen LogP contribution is 2.25. The SMILES string of the molecule is O=C(O)c1cccn1C1CCN(Cc2nccs2)CC1. The van der Waals surface area contributed by atoms with E-state index in [4.69, 9.17) is 0 Å². The van der Waals surface area contributed by atoms with Crippen LogP contribution in [0.4, 0.5) is 0 Å². The third-order valence-corrected chi connectivity index (χ3v) is 4.56. The molecule has 0 saturated carbocycles.